The number of furan rings is 1. The maximum absolute atomic E-state index is 12.5. The Morgan fingerprint density at radius 3 is 2.46 bits per heavy atom. The Bertz CT molecular complexity index is 1600. The Morgan fingerprint density at radius 2 is 1.63 bits per heavy atom. The smallest absolute Gasteiger partial charge is 0.248 e. The van der Waals surface area contributed by atoms with Crippen molar-refractivity contribution in [2.45, 2.75) is 0 Å². The van der Waals surface area contributed by atoms with Crippen LogP contribution in [0.1, 0.15) is 5.76 Å². The van der Waals surface area contributed by atoms with Gasteiger partial charge in [0.05, 0.1) is 15.7 Å². The third-order valence-electron chi connectivity index (χ3n) is 5.04. The Labute approximate surface area is 219 Å². The fraction of sp³-hybridized carbons (Fsp3) is 0. The van der Waals surface area contributed by atoms with Crippen molar-refractivity contribution in [3.63, 3.8) is 0 Å². The summed E-state index contributed by atoms with van der Waals surface area (Å²) in [5, 5.41) is 4.69. The van der Waals surface area contributed by atoms with E-state index in [2.05, 4.69) is 10.3 Å². The monoisotopic (exact) mass is 542 g/mol. The number of benzene rings is 3. The molecule has 35 heavy (non-hydrogen) atoms. The molecule has 0 bridgehead atoms. The molecule has 174 valence electrons. The lowest BCUT2D eigenvalue weighted by molar-refractivity contribution is -0.111. The highest BCUT2D eigenvalue weighted by Gasteiger charge is 2.13. The molecule has 0 radical (unpaired) electrons. The largest absolute Gasteiger partial charge is 0.457 e. The summed E-state index contributed by atoms with van der Waals surface area (Å²) in [4.78, 5) is 17.0. The zero-order chi connectivity index (χ0) is 24.5. The molecule has 0 aliphatic rings. The normalized spacial score (nSPS) is 11.4. The first-order valence-electron chi connectivity index (χ1n) is 10.3. The topological polar surface area (TPSA) is 68.3 Å². The quantitative estimate of drug-likeness (QED) is 0.224. The fourth-order valence-electron chi connectivity index (χ4n) is 3.39. The first-order chi connectivity index (χ1) is 16.9. The minimum atomic E-state index is -0.393. The molecule has 9 heteroatoms. The van der Waals surface area contributed by atoms with Crippen LogP contribution in [-0.2, 0) is 4.79 Å². The predicted octanol–water partition coefficient (Wildman–Crippen LogP) is 9.02. The number of anilines is 1. The lowest BCUT2D eigenvalue weighted by Gasteiger charge is -2.06. The molecule has 0 atom stereocenters. The number of aromatic nitrogens is 1. The number of nitrogens with one attached hydrogen (secondary N) is 1. The first kappa shape index (κ1) is 23.5. The van der Waals surface area contributed by atoms with Crippen molar-refractivity contribution in [2.24, 2.45) is 0 Å². The maximum Gasteiger partial charge on any atom is 0.248 e. The van der Waals surface area contributed by atoms with Crippen LogP contribution in [0.5, 0.6) is 0 Å². The molecule has 3 aromatic carbocycles. The van der Waals surface area contributed by atoms with Gasteiger partial charge in [0.25, 0.3) is 0 Å². The van der Waals surface area contributed by atoms with E-state index >= 15 is 0 Å². The summed E-state index contributed by atoms with van der Waals surface area (Å²) in [5.74, 6) is 1.03. The number of fused-ring (bicyclic) bond motifs is 1. The van der Waals surface area contributed by atoms with Crippen molar-refractivity contribution in [1.29, 1.82) is 0 Å². The summed E-state index contributed by atoms with van der Waals surface area (Å²) in [6, 6.07) is 18.9. The van der Waals surface area contributed by atoms with Gasteiger partial charge >= 0.3 is 0 Å². The van der Waals surface area contributed by atoms with Gasteiger partial charge in [0, 0.05) is 27.2 Å². The molecular formula is C26H14Cl4N2O3. The van der Waals surface area contributed by atoms with Gasteiger partial charge in [-0.2, -0.15) is 0 Å². The van der Waals surface area contributed by atoms with Gasteiger partial charge < -0.3 is 14.2 Å². The van der Waals surface area contributed by atoms with E-state index in [-0.39, 0.29) is 0 Å². The van der Waals surface area contributed by atoms with Gasteiger partial charge in [-0.1, -0.05) is 46.4 Å². The van der Waals surface area contributed by atoms with E-state index < -0.39 is 5.91 Å². The van der Waals surface area contributed by atoms with Crippen molar-refractivity contribution >= 4 is 75.2 Å². The first-order valence-corrected chi connectivity index (χ1v) is 11.8. The summed E-state index contributed by atoms with van der Waals surface area (Å²) in [7, 11) is 0. The van der Waals surface area contributed by atoms with Crippen molar-refractivity contribution in [1.82, 2.24) is 4.98 Å². The van der Waals surface area contributed by atoms with Crippen molar-refractivity contribution in [3.8, 4) is 22.8 Å². The van der Waals surface area contributed by atoms with Crippen molar-refractivity contribution in [2.75, 3.05) is 5.32 Å². The Kier molecular flexibility index (Phi) is 6.58. The van der Waals surface area contributed by atoms with Crippen LogP contribution in [0.3, 0.4) is 0 Å². The lowest BCUT2D eigenvalue weighted by atomic mass is 10.2. The second kappa shape index (κ2) is 9.80. The van der Waals surface area contributed by atoms with E-state index in [1.165, 1.54) is 6.08 Å². The minimum absolute atomic E-state index is 0.368. The number of nitrogens with zero attached hydrogens (tertiary/aromatic N) is 1. The molecule has 0 aliphatic heterocycles. The summed E-state index contributed by atoms with van der Waals surface area (Å²) in [6.45, 7) is 0. The average Bonchev–Trinajstić information content (AvgIpc) is 3.46. The van der Waals surface area contributed by atoms with Gasteiger partial charge in [-0.05, 0) is 72.8 Å². The minimum Gasteiger partial charge on any atom is -0.457 e. The highest BCUT2D eigenvalue weighted by atomic mass is 35.5. The van der Waals surface area contributed by atoms with Gasteiger partial charge in [-0.15, -0.1) is 0 Å². The van der Waals surface area contributed by atoms with Crippen LogP contribution >= 0.6 is 46.4 Å². The third kappa shape index (κ3) is 5.24. The molecule has 0 unspecified atom stereocenters. The van der Waals surface area contributed by atoms with Crippen LogP contribution in [-0.4, -0.2) is 10.9 Å². The van der Waals surface area contributed by atoms with E-state index in [0.29, 0.717) is 65.4 Å². The molecule has 0 fully saturated rings. The molecular weight excluding hydrogens is 530 g/mol. The summed E-state index contributed by atoms with van der Waals surface area (Å²) >= 11 is 24.5. The molecule has 1 N–H and O–H groups in total. The van der Waals surface area contributed by atoms with Crippen molar-refractivity contribution < 1.29 is 13.6 Å². The van der Waals surface area contributed by atoms with E-state index in [1.54, 1.807) is 72.8 Å². The number of hydrogen-bond acceptors (Lipinski definition) is 4. The second-order valence-corrected chi connectivity index (χ2v) is 9.16. The molecule has 1 amide bonds. The Balaban J connectivity index is 1.32. The van der Waals surface area contributed by atoms with E-state index in [9.17, 15) is 4.79 Å². The standard InChI is InChI=1S/C26H14Cl4N2O3/c27-15-2-6-18(20(30)12-15)23-9-4-17(34-23)5-10-25(33)31-21-11-14(1-7-19(21)29)26-32-22-13-16(28)3-8-24(22)35-26/h1-13H,(H,31,33)/b10-5+. The van der Waals surface area contributed by atoms with Crippen LogP contribution in [0, 0.1) is 0 Å². The number of halogens is 4. The van der Waals surface area contributed by atoms with Gasteiger partial charge in [0.1, 0.15) is 17.0 Å². The maximum atomic E-state index is 12.5. The van der Waals surface area contributed by atoms with Crippen LogP contribution in [0.25, 0.3) is 40.0 Å². The summed E-state index contributed by atoms with van der Waals surface area (Å²) in [5.41, 5.74) is 2.99. The fourth-order valence-corrected chi connectivity index (χ4v) is 4.22. The zero-order valence-electron chi connectivity index (χ0n) is 17.7. The van der Waals surface area contributed by atoms with Crippen LogP contribution in [0.2, 0.25) is 20.1 Å². The number of amides is 1. The zero-order valence-corrected chi connectivity index (χ0v) is 20.7. The number of oxazole rings is 1. The van der Waals surface area contributed by atoms with Crippen LogP contribution in [0.15, 0.2) is 81.6 Å². The molecule has 0 saturated carbocycles. The third-order valence-corrected chi connectivity index (χ3v) is 6.16. The highest BCUT2D eigenvalue weighted by molar-refractivity contribution is 6.36. The van der Waals surface area contributed by atoms with E-state index in [4.69, 9.17) is 55.2 Å². The van der Waals surface area contributed by atoms with Gasteiger partial charge in [-0.3, -0.25) is 4.79 Å². The van der Waals surface area contributed by atoms with Gasteiger partial charge in [-0.25, -0.2) is 4.98 Å². The van der Waals surface area contributed by atoms with Gasteiger partial charge in [0.2, 0.25) is 11.8 Å². The Hall–Kier alpha value is -3.22. The second-order valence-electron chi connectivity index (χ2n) is 7.47. The summed E-state index contributed by atoms with van der Waals surface area (Å²) in [6.07, 6.45) is 2.89. The average molecular weight is 544 g/mol. The molecule has 5 aromatic rings. The molecule has 0 spiro atoms. The molecule has 0 saturated heterocycles. The molecule has 0 aliphatic carbocycles. The number of carbonyl (C=O) groups is 1. The van der Waals surface area contributed by atoms with Crippen LogP contribution in [0.4, 0.5) is 5.69 Å². The number of rotatable bonds is 5. The SMILES string of the molecule is O=C(/C=C/c1ccc(-c2ccc(Cl)cc2Cl)o1)Nc1cc(-c2nc3cc(Cl)ccc3o2)ccc1Cl. The predicted molar refractivity (Wildman–Crippen MR) is 141 cm³/mol. The Morgan fingerprint density at radius 1 is 0.829 bits per heavy atom. The highest BCUT2D eigenvalue weighted by Crippen LogP contribution is 2.33. The lowest BCUT2D eigenvalue weighted by Crippen LogP contribution is -2.08. The number of hydrogen-bond donors (Lipinski definition) is 1. The van der Waals surface area contributed by atoms with Crippen molar-refractivity contribution in [3.05, 3.63) is 98.7 Å². The van der Waals surface area contributed by atoms with E-state index in [0.717, 1.165) is 0 Å². The molecule has 2 aromatic heterocycles. The van der Waals surface area contributed by atoms with E-state index in [1.807, 2.05) is 0 Å². The number of carbonyl (C=O) groups excluding carboxylic acids is 1. The molecule has 5 nitrogen and oxygen atoms in total. The van der Waals surface area contributed by atoms with Gasteiger partial charge in [0.15, 0.2) is 5.58 Å². The summed E-state index contributed by atoms with van der Waals surface area (Å²) < 4.78 is 11.6. The molecule has 5 rings (SSSR count). The molecule has 2 heterocycles. The van der Waals surface area contributed by atoms with Crippen LogP contribution < -0.4 is 5.32 Å².